The van der Waals surface area contributed by atoms with Crippen LogP contribution >= 0.6 is 11.3 Å². The lowest BCUT2D eigenvalue weighted by Crippen LogP contribution is -2.01. The number of esters is 1. The number of nitrogen functional groups attached to an aromatic ring is 1. The first kappa shape index (κ1) is 17.0. The van der Waals surface area contributed by atoms with Gasteiger partial charge in [0.1, 0.15) is 17.2 Å². The third kappa shape index (κ3) is 3.67. The van der Waals surface area contributed by atoms with E-state index in [1.807, 2.05) is 61.5 Å². The second-order valence-corrected chi connectivity index (χ2v) is 6.61. The number of carbonyl (C=O) groups excluding carboxylic acids is 1. The number of anilines is 1. The van der Waals surface area contributed by atoms with Crippen LogP contribution in [-0.2, 0) is 11.3 Å². The van der Waals surface area contributed by atoms with E-state index in [2.05, 4.69) is 0 Å². The fourth-order valence-corrected chi connectivity index (χ4v) is 3.64. The number of thiophene rings is 1. The van der Waals surface area contributed by atoms with E-state index in [-0.39, 0.29) is 0 Å². The molecule has 4 nitrogen and oxygen atoms in total. The van der Waals surface area contributed by atoms with E-state index in [0.717, 1.165) is 27.3 Å². The Morgan fingerprint density at radius 1 is 1.08 bits per heavy atom. The van der Waals surface area contributed by atoms with Crippen molar-refractivity contribution in [3.63, 3.8) is 0 Å². The summed E-state index contributed by atoms with van der Waals surface area (Å²) >= 11 is 1.35. The van der Waals surface area contributed by atoms with Gasteiger partial charge in [0, 0.05) is 4.88 Å². The molecule has 0 bridgehead atoms. The van der Waals surface area contributed by atoms with E-state index < -0.39 is 5.97 Å². The van der Waals surface area contributed by atoms with Crippen molar-refractivity contribution >= 4 is 23.0 Å². The molecular formula is C20H19NO3S. The Morgan fingerprint density at radius 3 is 2.40 bits per heavy atom. The van der Waals surface area contributed by atoms with Crippen LogP contribution in [0.1, 0.15) is 20.8 Å². The summed E-state index contributed by atoms with van der Waals surface area (Å²) in [5.41, 5.74) is 9.54. The third-order valence-electron chi connectivity index (χ3n) is 3.93. The van der Waals surface area contributed by atoms with Crippen LogP contribution in [0.15, 0.2) is 54.6 Å². The first-order valence-electron chi connectivity index (χ1n) is 7.84. The SMILES string of the molecule is COC(=O)c1sc(-c2ccc(OCc3ccccc3)cc2)c(C)c1N. The van der Waals surface area contributed by atoms with Gasteiger partial charge in [-0.2, -0.15) is 0 Å². The van der Waals surface area contributed by atoms with E-state index in [1.165, 1.54) is 18.4 Å². The van der Waals surface area contributed by atoms with Gasteiger partial charge in [-0.05, 0) is 47.9 Å². The van der Waals surface area contributed by atoms with E-state index >= 15 is 0 Å². The molecule has 0 aliphatic carbocycles. The van der Waals surface area contributed by atoms with E-state index in [0.29, 0.717) is 17.2 Å². The lowest BCUT2D eigenvalue weighted by molar-refractivity contribution is 0.0607. The highest BCUT2D eigenvalue weighted by molar-refractivity contribution is 7.18. The molecule has 3 rings (SSSR count). The average Bonchev–Trinajstić information content (AvgIpc) is 2.96. The molecule has 0 atom stereocenters. The second-order valence-electron chi connectivity index (χ2n) is 5.59. The van der Waals surface area contributed by atoms with Crippen molar-refractivity contribution in [2.45, 2.75) is 13.5 Å². The molecule has 0 amide bonds. The van der Waals surface area contributed by atoms with E-state index in [4.69, 9.17) is 15.2 Å². The molecule has 1 heterocycles. The van der Waals surface area contributed by atoms with Crippen LogP contribution < -0.4 is 10.5 Å². The van der Waals surface area contributed by atoms with Gasteiger partial charge in [0.2, 0.25) is 0 Å². The smallest absolute Gasteiger partial charge is 0.350 e. The second kappa shape index (κ2) is 7.40. The Labute approximate surface area is 150 Å². The lowest BCUT2D eigenvalue weighted by Gasteiger charge is -2.07. The molecule has 0 aliphatic heterocycles. The summed E-state index contributed by atoms with van der Waals surface area (Å²) in [7, 11) is 1.36. The van der Waals surface area contributed by atoms with Crippen molar-refractivity contribution in [1.29, 1.82) is 0 Å². The highest BCUT2D eigenvalue weighted by Gasteiger charge is 2.19. The van der Waals surface area contributed by atoms with Gasteiger partial charge in [-0.1, -0.05) is 30.3 Å². The highest BCUT2D eigenvalue weighted by atomic mass is 32.1. The van der Waals surface area contributed by atoms with Crippen molar-refractivity contribution in [1.82, 2.24) is 0 Å². The van der Waals surface area contributed by atoms with Crippen molar-refractivity contribution in [3.05, 3.63) is 70.6 Å². The molecule has 1 aromatic heterocycles. The summed E-state index contributed by atoms with van der Waals surface area (Å²) < 4.78 is 10.6. The maximum absolute atomic E-state index is 11.8. The van der Waals surface area contributed by atoms with Crippen molar-refractivity contribution < 1.29 is 14.3 Å². The van der Waals surface area contributed by atoms with Crippen LogP contribution in [-0.4, -0.2) is 13.1 Å². The molecule has 25 heavy (non-hydrogen) atoms. The molecule has 2 N–H and O–H groups in total. The van der Waals surface area contributed by atoms with Crippen molar-refractivity contribution in [2.24, 2.45) is 0 Å². The number of hydrogen-bond acceptors (Lipinski definition) is 5. The normalized spacial score (nSPS) is 10.5. The molecule has 0 aliphatic rings. The quantitative estimate of drug-likeness (QED) is 0.677. The molecule has 3 aromatic rings. The first-order chi connectivity index (χ1) is 12.1. The molecule has 0 saturated carbocycles. The zero-order chi connectivity index (χ0) is 17.8. The fraction of sp³-hybridized carbons (Fsp3) is 0.150. The summed E-state index contributed by atoms with van der Waals surface area (Å²) in [5.74, 6) is 0.391. The third-order valence-corrected chi connectivity index (χ3v) is 5.27. The predicted octanol–water partition coefficient (Wildman–Crippen LogP) is 4.67. The van der Waals surface area contributed by atoms with Crippen LogP contribution in [0.25, 0.3) is 10.4 Å². The number of nitrogens with two attached hydrogens (primary N) is 1. The first-order valence-corrected chi connectivity index (χ1v) is 8.66. The minimum atomic E-state index is -0.403. The van der Waals surface area contributed by atoms with Gasteiger partial charge in [-0.25, -0.2) is 4.79 Å². The fourth-order valence-electron chi connectivity index (χ4n) is 2.49. The maximum atomic E-state index is 11.8. The monoisotopic (exact) mass is 353 g/mol. The Bertz CT molecular complexity index is 870. The number of hydrogen-bond donors (Lipinski definition) is 1. The Morgan fingerprint density at radius 2 is 1.76 bits per heavy atom. The topological polar surface area (TPSA) is 61.5 Å². The van der Waals surface area contributed by atoms with Gasteiger partial charge in [0.15, 0.2) is 0 Å². The summed E-state index contributed by atoms with van der Waals surface area (Å²) in [6.07, 6.45) is 0. The zero-order valence-corrected chi connectivity index (χ0v) is 14.9. The number of methoxy groups -OCH3 is 1. The molecule has 0 fully saturated rings. The molecule has 0 spiro atoms. The van der Waals surface area contributed by atoms with E-state index in [9.17, 15) is 4.79 Å². The van der Waals surface area contributed by atoms with Gasteiger partial charge >= 0.3 is 5.97 Å². The Hall–Kier alpha value is -2.79. The molecule has 0 saturated heterocycles. The van der Waals surface area contributed by atoms with Crippen molar-refractivity contribution in [2.75, 3.05) is 12.8 Å². The molecule has 0 radical (unpaired) electrons. The molecule has 128 valence electrons. The van der Waals surface area contributed by atoms with E-state index in [1.54, 1.807) is 0 Å². The van der Waals surface area contributed by atoms with Crippen LogP contribution in [0.5, 0.6) is 5.75 Å². The zero-order valence-electron chi connectivity index (χ0n) is 14.1. The molecule has 5 heteroatoms. The van der Waals surface area contributed by atoms with Gasteiger partial charge in [-0.3, -0.25) is 0 Å². The number of carbonyl (C=O) groups is 1. The summed E-state index contributed by atoms with van der Waals surface area (Å²) in [6.45, 7) is 2.44. The number of rotatable bonds is 5. The Balaban J connectivity index is 1.77. The minimum Gasteiger partial charge on any atom is -0.489 e. The summed E-state index contributed by atoms with van der Waals surface area (Å²) in [5, 5.41) is 0. The molecule has 0 unspecified atom stereocenters. The standard InChI is InChI=1S/C20H19NO3S/c1-13-17(21)19(20(22)23-2)25-18(13)15-8-10-16(11-9-15)24-12-14-6-4-3-5-7-14/h3-11H,12,21H2,1-2H3. The van der Waals surface area contributed by atoms with Crippen LogP contribution in [0, 0.1) is 6.92 Å². The number of ether oxygens (including phenoxy) is 2. The lowest BCUT2D eigenvalue weighted by atomic mass is 10.1. The highest BCUT2D eigenvalue weighted by Crippen LogP contribution is 2.38. The summed E-state index contributed by atoms with van der Waals surface area (Å²) in [6, 6.07) is 17.8. The molecule has 2 aromatic carbocycles. The van der Waals surface area contributed by atoms with Gasteiger partial charge in [-0.15, -0.1) is 11.3 Å². The predicted molar refractivity (Wildman–Crippen MR) is 101 cm³/mol. The molecular weight excluding hydrogens is 334 g/mol. The van der Waals surface area contributed by atoms with Crippen LogP contribution in [0.4, 0.5) is 5.69 Å². The Kier molecular flexibility index (Phi) is 5.05. The van der Waals surface area contributed by atoms with Crippen LogP contribution in [0.2, 0.25) is 0 Å². The average molecular weight is 353 g/mol. The van der Waals surface area contributed by atoms with Crippen LogP contribution in [0.3, 0.4) is 0 Å². The summed E-state index contributed by atoms with van der Waals surface area (Å²) in [4.78, 5) is 13.2. The maximum Gasteiger partial charge on any atom is 0.350 e. The van der Waals surface area contributed by atoms with Gasteiger partial charge in [0.05, 0.1) is 12.8 Å². The largest absolute Gasteiger partial charge is 0.489 e. The number of benzene rings is 2. The van der Waals surface area contributed by atoms with Gasteiger partial charge < -0.3 is 15.2 Å². The minimum absolute atomic E-state index is 0.403. The van der Waals surface area contributed by atoms with Crippen molar-refractivity contribution in [3.8, 4) is 16.2 Å². The van der Waals surface area contributed by atoms with Gasteiger partial charge in [0.25, 0.3) is 0 Å².